The van der Waals surface area contributed by atoms with E-state index >= 15 is 0 Å². The van der Waals surface area contributed by atoms with E-state index in [9.17, 15) is 10.1 Å². The van der Waals surface area contributed by atoms with Gasteiger partial charge in [0.2, 0.25) is 0 Å². The Bertz CT molecular complexity index is 428. The lowest BCUT2D eigenvalue weighted by Gasteiger charge is -2.00. The van der Waals surface area contributed by atoms with Crippen molar-refractivity contribution in [3.63, 3.8) is 0 Å². The molecule has 0 amide bonds. The molecule has 1 rings (SSSR count). The first-order chi connectivity index (χ1) is 6.70. The molecule has 0 aliphatic heterocycles. The van der Waals surface area contributed by atoms with Crippen molar-refractivity contribution < 1.29 is 4.92 Å². The molecule has 1 aromatic rings. The quantitative estimate of drug-likeness (QED) is 0.520. The number of para-hydroxylation sites is 1. The minimum atomic E-state index is -1.09. The van der Waals surface area contributed by atoms with Crippen LogP contribution in [0.2, 0.25) is 0 Å². The first kappa shape index (κ1) is 9.69. The molecule has 0 unspecified atom stereocenters. The van der Waals surface area contributed by atoms with E-state index in [2.05, 4.69) is 0 Å². The monoisotopic (exact) mass is 187 g/mol. The maximum Gasteiger partial charge on any atom is 0.274 e. The fraction of sp³-hybridized carbons (Fsp3) is 0.111. The van der Waals surface area contributed by atoms with Gasteiger partial charge in [-0.2, -0.15) is 10.5 Å². The lowest BCUT2D eigenvalue weighted by molar-refractivity contribution is -0.385. The summed E-state index contributed by atoms with van der Waals surface area (Å²) in [4.78, 5) is 9.94. The Morgan fingerprint density at radius 2 is 1.86 bits per heavy atom. The molecule has 1 aromatic carbocycles. The molecule has 0 saturated carbocycles. The first-order valence-corrected chi connectivity index (χ1v) is 3.73. The van der Waals surface area contributed by atoms with Gasteiger partial charge in [-0.3, -0.25) is 10.1 Å². The summed E-state index contributed by atoms with van der Waals surface area (Å²) in [5, 5.41) is 27.7. The highest BCUT2D eigenvalue weighted by molar-refractivity contribution is 5.47. The SMILES string of the molecule is N#CC(C#N)c1ccccc1[N+](=O)[O-]. The van der Waals surface area contributed by atoms with E-state index in [0.29, 0.717) is 0 Å². The first-order valence-electron chi connectivity index (χ1n) is 3.73. The Balaban J connectivity index is 3.29. The molecule has 5 heteroatoms. The Hall–Kier alpha value is -2.40. The second-order valence-electron chi connectivity index (χ2n) is 2.51. The highest BCUT2D eigenvalue weighted by Gasteiger charge is 2.20. The highest BCUT2D eigenvalue weighted by atomic mass is 16.6. The summed E-state index contributed by atoms with van der Waals surface area (Å²) in [5.41, 5.74) is -0.0527. The van der Waals surface area contributed by atoms with Gasteiger partial charge >= 0.3 is 0 Å². The van der Waals surface area contributed by atoms with Crippen LogP contribution in [0.3, 0.4) is 0 Å². The zero-order valence-electron chi connectivity index (χ0n) is 7.04. The van der Waals surface area contributed by atoms with Crippen LogP contribution in [0.1, 0.15) is 11.5 Å². The average molecular weight is 187 g/mol. The van der Waals surface area contributed by atoms with Gasteiger partial charge in [0.05, 0.1) is 22.6 Å². The lowest BCUT2D eigenvalue weighted by atomic mass is 10.0. The molecule has 0 saturated heterocycles. The fourth-order valence-corrected chi connectivity index (χ4v) is 1.07. The van der Waals surface area contributed by atoms with E-state index in [-0.39, 0.29) is 11.3 Å². The molecule has 0 atom stereocenters. The van der Waals surface area contributed by atoms with Gasteiger partial charge in [0.15, 0.2) is 5.92 Å². The zero-order valence-corrected chi connectivity index (χ0v) is 7.04. The van der Waals surface area contributed by atoms with Gasteiger partial charge in [0, 0.05) is 6.07 Å². The number of hydrogen-bond acceptors (Lipinski definition) is 4. The summed E-state index contributed by atoms with van der Waals surface area (Å²) in [6.07, 6.45) is 0. The Kier molecular flexibility index (Phi) is 2.78. The standard InChI is InChI=1S/C9H5N3O2/c10-5-7(6-11)8-3-1-2-4-9(8)12(13)14/h1-4,7H. The van der Waals surface area contributed by atoms with Crippen LogP contribution in [0.15, 0.2) is 24.3 Å². The van der Waals surface area contributed by atoms with Crippen molar-refractivity contribution in [1.29, 1.82) is 10.5 Å². The van der Waals surface area contributed by atoms with Crippen molar-refractivity contribution in [1.82, 2.24) is 0 Å². The number of nitriles is 2. The number of nitrogens with zero attached hydrogens (tertiary/aromatic N) is 3. The Morgan fingerprint density at radius 1 is 1.29 bits per heavy atom. The van der Waals surface area contributed by atoms with Gasteiger partial charge in [-0.25, -0.2) is 0 Å². The molecule has 0 bridgehead atoms. The number of benzene rings is 1. The van der Waals surface area contributed by atoms with Gasteiger partial charge in [-0.05, 0) is 6.07 Å². The van der Waals surface area contributed by atoms with Crippen LogP contribution in [-0.4, -0.2) is 4.92 Å². The third kappa shape index (κ3) is 1.67. The molecule has 5 nitrogen and oxygen atoms in total. The molecule has 0 aliphatic rings. The Morgan fingerprint density at radius 3 is 2.36 bits per heavy atom. The fourth-order valence-electron chi connectivity index (χ4n) is 1.07. The second kappa shape index (κ2) is 4.01. The van der Waals surface area contributed by atoms with Crippen LogP contribution in [0, 0.1) is 32.8 Å². The molecular weight excluding hydrogens is 182 g/mol. The van der Waals surface area contributed by atoms with Crippen LogP contribution < -0.4 is 0 Å². The van der Waals surface area contributed by atoms with Crippen molar-refractivity contribution in [2.24, 2.45) is 0 Å². The van der Waals surface area contributed by atoms with Gasteiger partial charge in [-0.15, -0.1) is 0 Å². The normalized spacial score (nSPS) is 9.07. The van der Waals surface area contributed by atoms with E-state index in [1.54, 1.807) is 18.2 Å². The van der Waals surface area contributed by atoms with Gasteiger partial charge in [0.25, 0.3) is 5.69 Å². The Labute approximate surface area is 80.0 Å². The molecule has 0 fully saturated rings. The van der Waals surface area contributed by atoms with Crippen molar-refractivity contribution in [2.45, 2.75) is 5.92 Å². The number of nitro benzene ring substituents is 1. The molecule has 0 heterocycles. The molecule has 0 spiro atoms. The number of nitro groups is 1. The third-order valence-electron chi connectivity index (χ3n) is 1.70. The predicted molar refractivity (Wildman–Crippen MR) is 47.1 cm³/mol. The van der Waals surface area contributed by atoms with Crippen LogP contribution in [0.4, 0.5) is 5.69 Å². The molecule has 68 valence electrons. The molecule has 0 aromatic heterocycles. The topological polar surface area (TPSA) is 90.7 Å². The maximum atomic E-state index is 10.5. The van der Waals surface area contributed by atoms with Crippen LogP contribution in [0.25, 0.3) is 0 Å². The van der Waals surface area contributed by atoms with Crippen molar-refractivity contribution >= 4 is 5.69 Å². The highest BCUT2D eigenvalue weighted by Crippen LogP contribution is 2.25. The second-order valence-corrected chi connectivity index (χ2v) is 2.51. The minimum absolute atomic E-state index is 0.141. The predicted octanol–water partition coefficient (Wildman–Crippen LogP) is 1.73. The van der Waals surface area contributed by atoms with Gasteiger partial charge in [0.1, 0.15) is 0 Å². The van der Waals surface area contributed by atoms with Gasteiger partial charge < -0.3 is 0 Å². The number of rotatable bonds is 2. The maximum absolute atomic E-state index is 10.5. The molecular formula is C9H5N3O2. The van der Waals surface area contributed by atoms with E-state index in [1.165, 1.54) is 18.2 Å². The van der Waals surface area contributed by atoms with E-state index < -0.39 is 10.8 Å². The molecule has 14 heavy (non-hydrogen) atoms. The zero-order chi connectivity index (χ0) is 10.6. The molecule has 0 radical (unpaired) electrons. The van der Waals surface area contributed by atoms with E-state index in [1.807, 2.05) is 0 Å². The largest absolute Gasteiger partial charge is 0.274 e. The van der Waals surface area contributed by atoms with E-state index in [0.717, 1.165) is 0 Å². The van der Waals surface area contributed by atoms with Crippen LogP contribution >= 0.6 is 0 Å². The molecule has 0 aliphatic carbocycles. The summed E-state index contributed by atoms with van der Waals surface area (Å²) in [6, 6.07) is 9.14. The number of hydrogen-bond donors (Lipinski definition) is 0. The van der Waals surface area contributed by atoms with Gasteiger partial charge in [-0.1, -0.05) is 12.1 Å². The van der Waals surface area contributed by atoms with Crippen molar-refractivity contribution in [3.8, 4) is 12.1 Å². The minimum Gasteiger partial charge on any atom is -0.258 e. The summed E-state index contributed by atoms with van der Waals surface area (Å²) in [6.45, 7) is 0. The smallest absolute Gasteiger partial charge is 0.258 e. The molecule has 0 N–H and O–H groups in total. The lowest BCUT2D eigenvalue weighted by Crippen LogP contribution is -1.98. The summed E-state index contributed by atoms with van der Waals surface area (Å²) >= 11 is 0. The summed E-state index contributed by atoms with van der Waals surface area (Å²) < 4.78 is 0. The van der Waals surface area contributed by atoms with Crippen LogP contribution in [0.5, 0.6) is 0 Å². The van der Waals surface area contributed by atoms with E-state index in [4.69, 9.17) is 10.5 Å². The summed E-state index contributed by atoms with van der Waals surface area (Å²) in [7, 11) is 0. The van der Waals surface area contributed by atoms with Crippen molar-refractivity contribution in [2.75, 3.05) is 0 Å². The average Bonchev–Trinajstić information content (AvgIpc) is 2.20. The van der Waals surface area contributed by atoms with Crippen LogP contribution in [-0.2, 0) is 0 Å². The van der Waals surface area contributed by atoms with Crippen molar-refractivity contribution in [3.05, 3.63) is 39.9 Å². The third-order valence-corrected chi connectivity index (χ3v) is 1.70. The summed E-state index contributed by atoms with van der Waals surface area (Å²) in [5.74, 6) is -1.09.